The van der Waals surface area contributed by atoms with Crippen molar-refractivity contribution in [1.82, 2.24) is 10.2 Å². The van der Waals surface area contributed by atoms with Gasteiger partial charge in [0.25, 0.3) is 11.6 Å². The van der Waals surface area contributed by atoms with Crippen LogP contribution in [0.3, 0.4) is 0 Å². The van der Waals surface area contributed by atoms with E-state index in [2.05, 4.69) is 15.5 Å². The molecular weight excluding hydrogens is 348 g/mol. The first kappa shape index (κ1) is 15.7. The third-order valence-corrected chi connectivity index (χ3v) is 4.92. The van der Waals surface area contributed by atoms with Crippen molar-refractivity contribution in [2.75, 3.05) is 11.9 Å². The molecule has 0 aliphatic carbocycles. The van der Waals surface area contributed by atoms with Crippen LogP contribution in [0, 0.1) is 10.1 Å². The number of hydrogen-bond donors (Lipinski definition) is 1. The zero-order chi connectivity index (χ0) is 17.4. The van der Waals surface area contributed by atoms with E-state index in [1.807, 2.05) is 0 Å². The maximum atomic E-state index is 12.3. The number of anilines is 1. The van der Waals surface area contributed by atoms with Crippen molar-refractivity contribution < 1.29 is 18.9 Å². The van der Waals surface area contributed by atoms with Crippen molar-refractivity contribution in [2.45, 2.75) is 18.9 Å². The lowest BCUT2D eigenvalue weighted by atomic mass is 10.2. The summed E-state index contributed by atoms with van der Waals surface area (Å²) in [6.07, 6.45) is 1.52. The molecule has 0 radical (unpaired) electrons. The van der Waals surface area contributed by atoms with E-state index in [1.54, 1.807) is 12.1 Å². The van der Waals surface area contributed by atoms with E-state index in [0.29, 0.717) is 22.8 Å². The molecule has 1 fully saturated rings. The molecule has 3 heterocycles. The van der Waals surface area contributed by atoms with Gasteiger partial charge in [0.2, 0.25) is 5.89 Å². The molecular formula is C15H12N4O5S. The Bertz CT molecular complexity index is 960. The van der Waals surface area contributed by atoms with E-state index in [1.165, 1.54) is 23.5 Å². The van der Waals surface area contributed by atoms with Gasteiger partial charge in [-0.15, -0.1) is 16.4 Å². The van der Waals surface area contributed by atoms with E-state index >= 15 is 0 Å². The first-order valence-corrected chi connectivity index (χ1v) is 8.36. The topological polar surface area (TPSA) is 120 Å². The molecule has 1 aromatic carbocycles. The van der Waals surface area contributed by atoms with Crippen molar-refractivity contribution in [3.63, 3.8) is 0 Å². The van der Waals surface area contributed by atoms with Crippen LogP contribution in [0.4, 0.5) is 11.7 Å². The average molecular weight is 360 g/mol. The predicted octanol–water partition coefficient (Wildman–Crippen LogP) is 3.30. The van der Waals surface area contributed by atoms with Crippen LogP contribution in [0.5, 0.6) is 0 Å². The van der Waals surface area contributed by atoms with Gasteiger partial charge in [-0.3, -0.25) is 20.2 Å². The van der Waals surface area contributed by atoms with Crippen molar-refractivity contribution in [2.24, 2.45) is 0 Å². The summed E-state index contributed by atoms with van der Waals surface area (Å²) in [5, 5.41) is 21.7. The normalized spacial score (nSPS) is 17.0. The highest BCUT2D eigenvalue weighted by atomic mass is 32.1. The summed E-state index contributed by atoms with van der Waals surface area (Å²) in [6.45, 7) is 0.655. The Kier molecular flexibility index (Phi) is 3.90. The molecule has 1 amide bonds. The number of ether oxygens (including phenoxy) is 1. The minimum Gasteiger partial charge on any atom is -0.405 e. The molecule has 4 rings (SSSR count). The molecule has 1 aliphatic rings. The molecule has 2 aromatic heterocycles. The van der Waals surface area contributed by atoms with E-state index in [4.69, 9.17) is 9.15 Å². The van der Waals surface area contributed by atoms with Gasteiger partial charge in [0.05, 0.1) is 9.80 Å². The van der Waals surface area contributed by atoms with Gasteiger partial charge in [-0.25, -0.2) is 0 Å². The Labute approximate surface area is 144 Å². The van der Waals surface area contributed by atoms with Crippen LogP contribution in [0.1, 0.15) is 34.5 Å². The molecule has 1 N–H and O–H groups in total. The van der Waals surface area contributed by atoms with E-state index in [9.17, 15) is 14.9 Å². The van der Waals surface area contributed by atoms with Gasteiger partial charge >= 0.3 is 6.01 Å². The molecule has 3 aromatic rings. The summed E-state index contributed by atoms with van der Waals surface area (Å²) < 4.78 is 11.6. The number of nitrogens with zero attached hydrogens (tertiary/aromatic N) is 3. The number of benzene rings is 1. The number of thiophene rings is 1. The third-order valence-electron chi connectivity index (χ3n) is 3.80. The Balaban J connectivity index is 1.52. The van der Waals surface area contributed by atoms with Gasteiger partial charge in [-0.2, -0.15) is 0 Å². The number of hydrogen-bond acceptors (Lipinski definition) is 8. The van der Waals surface area contributed by atoms with Crippen LogP contribution in [0.15, 0.2) is 28.7 Å². The number of carbonyl (C=O) groups is 1. The molecule has 0 bridgehead atoms. The monoisotopic (exact) mass is 360 g/mol. The highest BCUT2D eigenvalue weighted by Gasteiger charge is 2.24. The molecule has 9 nitrogen and oxygen atoms in total. The largest absolute Gasteiger partial charge is 0.405 e. The standard InChI is InChI=1S/C15H12N4O5S/c20-13(16-15-18-17-14(24-15)10-2-1-5-23-10)12-7-8-6-9(19(21)22)3-4-11(8)25-12/h3-4,6-7,10H,1-2,5H2,(H,16,18,20)/t10-/m0/s1. The molecule has 128 valence electrons. The summed E-state index contributed by atoms with van der Waals surface area (Å²) in [6, 6.07) is 6.06. The van der Waals surface area contributed by atoms with Crippen LogP contribution in [0.2, 0.25) is 0 Å². The number of nitrogens with one attached hydrogen (secondary N) is 1. The lowest BCUT2D eigenvalue weighted by molar-refractivity contribution is -0.384. The fourth-order valence-corrected chi connectivity index (χ4v) is 3.54. The molecule has 10 heteroatoms. The van der Waals surface area contributed by atoms with Crippen LogP contribution < -0.4 is 5.32 Å². The smallest absolute Gasteiger partial charge is 0.322 e. The quantitative estimate of drug-likeness (QED) is 0.560. The number of amides is 1. The van der Waals surface area contributed by atoms with Gasteiger partial charge in [0.1, 0.15) is 6.10 Å². The lowest BCUT2D eigenvalue weighted by Crippen LogP contribution is -2.10. The van der Waals surface area contributed by atoms with Gasteiger partial charge in [0.15, 0.2) is 0 Å². The van der Waals surface area contributed by atoms with Gasteiger partial charge in [0, 0.05) is 28.8 Å². The molecule has 0 spiro atoms. The van der Waals surface area contributed by atoms with E-state index < -0.39 is 10.8 Å². The fourth-order valence-electron chi connectivity index (χ4n) is 2.60. The average Bonchev–Trinajstić information content (AvgIpc) is 3.33. The lowest BCUT2D eigenvalue weighted by Gasteiger charge is -2.01. The Morgan fingerprint density at radius 3 is 3.00 bits per heavy atom. The van der Waals surface area contributed by atoms with Gasteiger partial charge in [-0.1, -0.05) is 5.10 Å². The van der Waals surface area contributed by atoms with Crippen molar-refractivity contribution in [3.8, 4) is 0 Å². The first-order valence-electron chi connectivity index (χ1n) is 7.54. The summed E-state index contributed by atoms with van der Waals surface area (Å²) in [5.41, 5.74) is -0.0182. The predicted molar refractivity (Wildman–Crippen MR) is 88.7 cm³/mol. The molecule has 0 saturated carbocycles. The summed E-state index contributed by atoms with van der Waals surface area (Å²) in [7, 11) is 0. The number of nitro benzene ring substituents is 1. The number of rotatable bonds is 4. The summed E-state index contributed by atoms with van der Waals surface area (Å²) in [4.78, 5) is 23.1. The molecule has 1 saturated heterocycles. The minimum atomic E-state index is -0.470. The number of nitro groups is 1. The van der Waals surface area contributed by atoms with Gasteiger partial charge in [-0.05, 0) is 25.0 Å². The molecule has 1 aliphatic heterocycles. The first-order chi connectivity index (χ1) is 12.1. The maximum Gasteiger partial charge on any atom is 0.322 e. The maximum absolute atomic E-state index is 12.3. The number of non-ortho nitro benzene ring substituents is 1. The van der Waals surface area contributed by atoms with Crippen LogP contribution in [-0.4, -0.2) is 27.6 Å². The van der Waals surface area contributed by atoms with Crippen LogP contribution >= 0.6 is 11.3 Å². The van der Waals surface area contributed by atoms with E-state index in [0.717, 1.165) is 17.5 Å². The zero-order valence-electron chi connectivity index (χ0n) is 12.8. The highest BCUT2D eigenvalue weighted by molar-refractivity contribution is 7.20. The molecule has 25 heavy (non-hydrogen) atoms. The highest BCUT2D eigenvalue weighted by Crippen LogP contribution is 2.30. The Morgan fingerprint density at radius 2 is 2.24 bits per heavy atom. The zero-order valence-corrected chi connectivity index (χ0v) is 13.6. The van der Waals surface area contributed by atoms with Crippen molar-refractivity contribution in [3.05, 3.63) is 45.1 Å². The van der Waals surface area contributed by atoms with Crippen LogP contribution in [-0.2, 0) is 4.74 Å². The van der Waals surface area contributed by atoms with Crippen molar-refractivity contribution in [1.29, 1.82) is 0 Å². The fraction of sp³-hybridized carbons (Fsp3) is 0.267. The number of carbonyl (C=O) groups excluding carboxylic acids is 1. The van der Waals surface area contributed by atoms with Crippen LogP contribution in [0.25, 0.3) is 10.1 Å². The SMILES string of the molecule is O=C(Nc1nnc([C@@H]2CCCO2)o1)c1cc2cc([N+](=O)[O-])ccc2s1. The summed E-state index contributed by atoms with van der Waals surface area (Å²) in [5.74, 6) is -0.0637. The van der Waals surface area contributed by atoms with Crippen molar-refractivity contribution >= 4 is 39.0 Å². The summed E-state index contributed by atoms with van der Waals surface area (Å²) >= 11 is 1.23. The Morgan fingerprint density at radius 1 is 1.36 bits per heavy atom. The number of aromatic nitrogens is 2. The van der Waals surface area contributed by atoms with Gasteiger partial charge < -0.3 is 9.15 Å². The second-order valence-electron chi connectivity index (χ2n) is 5.49. The van der Waals surface area contributed by atoms with E-state index in [-0.39, 0.29) is 17.8 Å². The second-order valence-corrected chi connectivity index (χ2v) is 6.57. The molecule has 1 atom stereocenters. The second kappa shape index (κ2) is 6.22. The molecule has 0 unspecified atom stereocenters. The minimum absolute atomic E-state index is 0.000985. The third kappa shape index (κ3) is 3.08. The Hall–Kier alpha value is -2.85. The number of fused-ring (bicyclic) bond motifs is 1.